The van der Waals surface area contributed by atoms with Crippen LogP contribution in [0, 0.1) is 17.0 Å². The molecule has 0 aliphatic heterocycles. The quantitative estimate of drug-likeness (QED) is 0.326. The van der Waals surface area contributed by atoms with Crippen molar-refractivity contribution in [3.8, 4) is 0 Å². The third kappa shape index (κ3) is 7.02. The van der Waals surface area contributed by atoms with Crippen molar-refractivity contribution in [3.05, 3.63) is 63.2 Å². The molecule has 0 bridgehead atoms. The van der Waals surface area contributed by atoms with Gasteiger partial charge in [-0.25, -0.2) is 13.1 Å². The fourth-order valence-corrected chi connectivity index (χ4v) is 3.55. The lowest BCUT2D eigenvalue weighted by Crippen LogP contribution is -2.32. The van der Waals surface area contributed by atoms with Gasteiger partial charge in [-0.05, 0) is 32.0 Å². The van der Waals surface area contributed by atoms with E-state index in [-0.39, 0.29) is 34.3 Å². The van der Waals surface area contributed by atoms with Gasteiger partial charge in [-0.2, -0.15) is 0 Å². The number of anilines is 1. The van der Waals surface area contributed by atoms with E-state index in [9.17, 15) is 28.1 Å². The number of aryl methyl sites for hydroxylation is 1. The van der Waals surface area contributed by atoms with Gasteiger partial charge in [0, 0.05) is 18.7 Å². The number of benzene rings is 2. The highest BCUT2D eigenvalue weighted by molar-refractivity contribution is 7.89. The molecular formula is C19H20ClN3O7S. The second kappa shape index (κ2) is 10.3. The minimum atomic E-state index is -3.78. The number of halogens is 1. The Kier molecular flexibility index (Phi) is 8.08. The second-order valence-corrected chi connectivity index (χ2v) is 8.68. The van der Waals surface area contributed by atoms with Crippen molar-refractivity contribution < 1.29 is 27.7 Å². The zero-order valence-corrected chi connectivity index (χ0v) is 18.2. The van der Waals surface area contributed by atoms with Gasteiger partial charge in [0.15, 0.2) is 6.10 Å². The van der Waals surface area contributed by atoms with Crippen LogP contribution in [0.5, 0.6) is 0 Å². The highest BCUT2D eigenvalue weighted by Crippen LogP contribution is 2.26. The summed E-state index contributed by atoms with van der Waals surface area (Å²) in [6, 6.07) is 9.70. The van der Waals surface area contributed by atoms with E-state index in [1.165, 1.54) is 31.2 Å². The molecule has 0 radical (unpaired) electrons. The molecule has 0 spiro atoms. The van der Waals surface area contributed by atoms with Crippen molar-refractivity contribution >= 4 is 44.9 Å². The maximum atomic E-state index is 12.2. The molecule has 1 amide bonds. The van der Waals surface area contributed by atoms with Crippen LogP contribution in [-0.4, -0.2) is 37.9 Å². The van der Waals surface area contributed by atoms with Gasteiger partial charge in [0.1, 0.15) is 0 Å². The van der Waals surface area contributed by atoms with Crippen molar-refractivity contribution in [1.82, 2.24) is 4.72 Å². The molecule has 0 saturated heterocycles. The van der Waals surface area contributed by atoms with Crippen LogP contribution in [0.4, 0.5) is 11.4 Å². The Bertz CT molecular complexity index is 1090. The van der Waals surface area contributed by atoms with Crippen LogP contribution in [0.3, 0.4) is 0 Å². The third-order valence-electron chi connectivity index (χ3n) is 4.05. The van der Waals surface area contributed by atoms with Gasteiger partial charge in [0.25, 0.3) is 11.6 Å². The summed E-state index contributed by atoms with van der Waals surface area (Å²) in [5.74, 6) is -1.56. The van der Waals surface area contributed by atoms with Gasteiger partial charge in [-0.3, -0.25) is 19.7 Å². The Balaban J connectivity index is 1.86. The molecule has 12 heteroatoms. The zero-order chi connectivity index (χ0) is 23.2. The number of nitrogens with zero attached hydrogens (tertiary/aromatic N) is 1. The molecule has 2 rings (SSSR count). The van der Waals surface area contributed by atoms with Crippen LogP contribution >= 0.6 is 11.6 Å². The van der Waals surface area contributed by atoms with E-state index in [0.29, 0.717) is 0 Å². The minimum absolute atomic E-state index is 0.00498. The zero-order valence-electron chi connectivity index (χ0n) is 16.6. The molecule has 0 saturated carbocycles. The smallest absolute Gasteiger partial charge is 0.307 e. The summed E-state index contributed by atoms with van der Waals surface area (Å²) in [6.07, 6.45) is -1.54. The maximum Gasteiger partial charge on any atom is 0.307 e. The number of esters is 1. The molecular weight excluding hydrogens is 450 g/mol. The molecule has 2 N–H and O–H groups in total. The Morgan fingerprint density at radius 1 is 1.19 bits per heavy atom. The van der Waals surface area contributed by atoms with E-state index >= 15 is 0 Å². The standard InChI is InChI=1S/C19H20ClN3O7S/c1-12-3-6-15(7-4-12)31(28,29)21-10-9-18(24)30-13(2)19(25)22-17-11-14(23(26)27)5-8-16(17)20/h3-8,11,13,21H,9-10H2,1-2H3,(H,22,25). The molecule has 0 heterocycles. The van der Waals surface area contributed by atoms with Crippen LogP contribution in [0.2, 0.25) is 5.02 Å². The molecule has 2 aromatic rings. The molecule has 2 aromatic carbocycles. The lowest BCUT2D eigenvalue weighted by Gasteiger charge is -2.14. The molecule has 10 nitrogen and oxygen atoms in total. The molecule has 0 aromatic heterocycles. The number of hydrogen-bond acceptors (Lipinski definition) is 7. The number of carbonyl (C=O) groups excluding carboxylic acids is 2. The van der Waals surface area contributed by atoms with E-state index in [0.717, 1.165) is 11.6 Å². The SMILES string of the molecule is Cc1ccc(S(=O)(=O)NCCC(=O)OC(C)C(=O)Nc2cc([N+](=O)[O-])ccc2Cl)cc1. The van der Waals surface area contributed by atoms with E-state index in [2.05, 4.69) is 10.0 Å². The topological polar surface area (TPSA) is 145 Å². The van der Waals surface area contributed by atoms with Gasteiger partial charge in [0.05, 0.1) is 26.9 Å². The summed E-state index contributed by atoms with van der Waals surface area (Å²) in [6.45, 7) is 2.90. The largest absolute Gasteiger partial charge is 0.452 e. The van der Waals surface area contributed by atoms with Gasteiger partial charge in [0.2, 0.25) is 10.0 Å². The van der Waals surface area contributed by atoms with Crippen molar-refractivity contribution in [2.24, 2.45) is 0 Å². The normalized spacial score (nSPS) is 12.1. The van der Waals surface area contributed by atoms with E-state index < -0.39 is 32.9 Å². The van der Waals surface area contributed by atoms with E-state index in [1.807, 2.05) is 6.92 Å². The van der Waals surface area contributed by atoms with Gasteiger partial charge in [-0.15, -0.1) is 0 Å². The predicted molar refractivity (Wildman–Crippen MR) is 113 cm³/mol. The highest BCUT2D eigenvalue weighted by Gasteiger charge is 2.21. The maximum absolute atomic E-state index is 12.2. The molecule has 31 heavy (non-hydrogen) atoms. The number of rotatable bonds is 9. The highest BCUT2D eigenvalue weighted by atomic mass is 35.5. The molecule has 0 fully saturated rings. The fraction of sp³-hybridized carbons (Fsp3) is 0.263. The predicted octanol–water partition coefficient (Wildman–Crippen LogP) is 2.80. The lowest BCUT2D eigenvalue weighted by atomic mass is 10.2. The van der Waals surface area contributed by atoms with E-state index in [4.69, 9.17) is 16.3 Å². The number of hydrogen-bond donors (Lipinski definition) is 2. The first-order chi connectivity index (χ1) is 14.5. The molecule has 1 unspecified atom stereocenters. The van der Waals surface area contributed by atoms with Gasteiger partial charge >= 0.3 is 5.97 Å². The summed E-state index contributed by atoms with van der Waals surface area (Å²) in [5, 5.41) is 13.3. The second-order valence-electron chi connectivity index (χ2n) is 6.50. The molecule has 0 aliphatic carbocycles. The van der Waals surface area contributed by atoms with Crippen LogP contribution < -0.4 is 10.0 Å². The monoisotopic (exact) mass is 469 g/mol. The first-order valence-corrected chi connectivity index (χ1v) is 10.9. The summed E-state index contributed by atoms with van der Waals surface area (Å²) in [4.78, 5) is 34.4. The number of amides is 1. The van der Waals surface area contributed by atoms with Crippen molar-refractivity contribution in [1.29, 1.82) is 0 Å². The van der Waals surface area contributed by atoms with Crippen LogP contribution in [-0.2, 0) is 24.3 Å². The van der Waals surface area contributed by atoms with Crippen molar-refractivity contribution in [2.75, 3.05) is 11.9 Å². The number of ether oxygens (including phenoxy) is 1. The Morgan fingerprint density at radius 2 is 1.84 bits per heavy atom. The number of nitrogens with one attached hydrogen (secondary N) is 2. The minimum Gasteiger partial charge on any atom is -0.452 e. The van der Waals surface area contributed by atoms with Gasteiger partial charge in [-0.1, -0.05) is 29.3 Å². The number of nitro benzene ring substituents is 1. The Hall–Kier alpha value is -3.02. The lowest BCUT2D eigenvalue weighted by molar-refractivity contribution is -0.384. The summed E-state index contributed by atoms with van der Waals surface area (Å²) in [5.41, 5.74) is 0.626. The summed E-state index contributed by atoms with van der Waals surface area (Å²) >= 11 is 5.92. The van der Waals surface area contributed by atoms with Crippen molar-refractivity contribution in [2.45, 2.75) is 31.3 Å². The van der Waals surface area contributed by atoms with Crippen molar-refractivity contribution in [3.63, 3.8) is 0 Å². The number of nitro groups is 1. The third-order valence-corrected chi connectivity index (χ3v) is 5.86. The average molecular weight is 470 g/mol. The first kappa shape index (κ1) is 24.3. The Labute approximate surface area is 183 Å². The van der Waals surface area contributed by atoms with Gasteiger partial charge < -0.3 is 10.1 Å². The van der Waals surface area contributed by atoms with Crippen LogP contribution in [0.15, 0.2) is 47.4 Å². The number of non-ortho nitro benzene ring substituents is 1. The van der Waals surface area contributed by atoms with E-state index in [1.54, 1.807) is 12.1 Å². The summed E-state index contributed by atoms with van der Waals surface area (Å²) < 4.78 is 31.6. The number of sulfonamides is 1. The first-order valence-electron chi connectivity index (χ1n) is 9.00. The molecule has 166 valence electrons. The Morgan fingerprint density at radius 3 is 2.45 bits per heavy atom. The average Bonchev–Trinajstić information content (AvgIpc) is 2.69. The molecule has 1 atom stereocenters. The van der Waals surface area contributed by atoms with Crippen LogP contribution in [0.25, 0.3) is 0 Å². The number of carbonyl (C=O) groups is 2. The molecule has 0 aliphatic rings. The van der Waals surface area contributed by atoms with Crippen LogP contribution in [0.1, 0.15) is 18.9 Å². The fourth-order valence-electron chi connectivity index (χ4n) is 2.35. The summed E-state index contributed by atoms with van der Waals surface area (Å²) in [7, 11) is -3.78.